The first-order chi connectivity index (χ1) is 13.6. The van der Waals surface area contributed by atoms with E-state index in [-0.39, 0.29) is 30.5 Å². The van der Waals surface area contributed by atoms with Crippen LogP contribution in [0, 0.1) is 5.82 Å². The van der Waals surface area contributed by atoms with E-state index in [1.54, 1.807) is 18.3 Å². The van der Waals surface area contributed by atoms with Gasteiger partial charge in [0.15, 0.2) is 12.1 Å². The highest BCUT2D eigenvalue weighted by Crippen LogP contribution is 2.44. The van der Waals surface area contributed by atoms with Crippen molar-refractivity contribution in [2.45, 2.75) is 44.4 Å². The number of pyridine rings is 1. The Kier molecular flexibility index (Phi) is 6.28. The molecular formula is C20H23FN4O3. The van der Waals surface area contributed by atoms with Crippen molar-refractivity contribution in [3.05, 3.63) is 47.7 Å². The Bertz CT molecular complexity index is 824. The number of halogens is 1. The van der Waals surface area contributed by atoms with Crippen molar-refractivity contribution in [3.63, 3.8) is 0 Å². The molecule has 0 unspecified atom stereocenters. The van der Waals surface area contributed by atoms with Gasteiger partial charge in [0.2, 0.25) is 0 Å². The van der Waals surface area contributed by atoms with Gasteiger partial charge in [-0.25, -0.2) is 9.18 Å². The Balaban J connectivity index is 1.90. The molecule has 0 bridgehead atoms. The Morgan fingerprint density at radius 2 is 2.14 bits per heavy atom. The number of hydrogen-bond acceptors (Lipinski definition) is 6. The lowest BCUT2D eigenvalue weighted by atomic mass is 9.66. The first-order valence-corrected chi connectivity index (χ1v) is 9.44. The number of hydrogen-bond donors (Lipinski definition) is 0. The molecule has 8 heteroatoms. The zero-order valence-electron chi connectivity index (χ0n) is 15.8. The van der Waals surface area contributed by atoms with E-state index < -0.39 is 11.5 Å². The maximum absolute atomic E-state index is 14.4. The molecule has 1 fully saturated rings. The second-order valence-electron chi connectivity index (χ2n) is 6.96. The van der Waals surface area contributed by atoms with Crippen molar-refractivity contribution in [2.24, 2.45) is 0 Å². The summed E-state index contributed by atoms with van der Waals surface area (Å²) < 4.78 is 19.8. The Hall–Kier alpha value is -2.90. The van der Waals surface area contributed by atoms with Crippen LogP contribution in [0.5, 0.6) is 0 Å². The van der Waals surface area contributed by atoms with Crippen molar-refractivity contribution < 1.29 is 18.7 Å². The molecule has 28 heavy (non-hydrogen) atoms. The second-order valence-corrected chi connectivity index (χ2v) is 6.96. The fourth-order valence-electron chi connectivity index (χ4n) is 3.32. The van der Waals surface area contributed by atoms with Crippen LogP contribution in [0.3, 0.4) is 0 Å². The average Bonchev–Trinajstić information content (AvgIpc) is 2.69. The lowest BCUT2D eigenvalue weighted by Gasteiger charge is -2.43. The van der Waals surface area contributed by atoms with Gasteiger partial charge in [-0.1, -0.05) is 19.8 Å². The highest BCUT2D eigenvalue weighted by Gasteiger charge is 2.45. The molecule has 0 atom stereocenters. The molecule has 2 heterocycles. The third kappa shape index (κ3) is 4.16. The summed E-state index contributed by atoms with van der Waals surface area (Å²) in [6.45, 7) is 2.47. The number of unbranched alkanes of at least 4 members (excludes halogenated alkanes) is 1. The minimum atomic E-state index is -0.597. The molecule has 2 aromatic rings. The molecule has 0 N–H and O–H groups in total. The number of amides is 1. The normalized spacial score (nSPS) is 14.8. The molecule has 0 aliphatic heterocycles. The smallest absolute Gasteiger partial charge is 0.415 e. The molecule has 1 saturated carbocycles. The van der Waals surface area contributed by atoms with E-state index in [1.165, 1.54) is 17.0 Å². The molecular weight excluding hydrogens is 363 g/mol. The average molecular weight is 386 g/mol. The van der Waals surface area contributed by atoms with Gasteiger partial charge in [-0.3, -0.25) is 14.7 Å². The van der Waals surface area contributed by atoms with Gasteiger partial charge < -0.3 is 4.74 Å². The highest BCUT2D eigenvalue weighted by molar-refractivity contribution is 5.87. The Morgan fingerprint density at radius 1 is 1.32 bits per heavy atom. The van der Waals surface area contributed by atoms with Crippen molar-refractivity contribution in [2.75, 3.05) is 18.1 Å². The number of ether oxygens (including phenoxy) is 1. The van der Waals surface area contributed by atoms with Gasteiger partial charge in [-0.15, -0.1) is 10.2 Å². The summed E-state index contributed by atoms with van der Waals surface area (Å²) in [6, 6.07) is 5.95. The van der Waals surface area contributed by atoms with Gasteiger partial charge in [0.05, 0.1) is 12.3 Å². The molecule has 0 spiro atoms. The predicted octanol–water partition coefficient (Wildman–Crippen LogP) is 3.69. The van der Waals surface area contributed by atoms with Crippen LogP contribution in [0.25, 0.3) is 0 Å². The number of aromatic nitrogens is 3. The van der Waals surface area contributed by atoms with Crippen LogP contribution < -0.4 is 4.90 Å². The molecule has 7 nitrogen and oxygen atoms in total. The van der Waals surface area contributed by atoms with Crippen LogP contribution in [0.4, 0.5) is 15.0 Å². The van der Waals surface area contributed by atoms with Crippen LogP contribution >= 0.6 is 0 Å². The maximum atomic E-state index is 14.4. The minimum absolute atomic E-state index is 0.164. The first kappa shape index (κ1) is 19.9. The monoisotopic (exact) mass is 386 g/mol. The van der Waals surface area contributed by atoms with Crippen LogP contribution in [0.15, 0.2) is 30.5 Å². The van der Waals surface area contributed by atoms with Crippen molar-refractivity contribution >= 4 is 18.2 Å². The minimum Gasteiger partial charge on any atom is -0.449 e. The summed E-state index contributed by atoms with van der Waals surface area (Å²) in [5, 5.41) is 7.79. The summed E-state index contributed by atoms with van der Waals surface area (Å²) in [5.41, 5.74) is -0.0811. The molecule has 2 aromatic heterocycles. The molecule has 3 rings (SSSR count). The van der Waals surface area contributed by atoms with E-state index in [0.29, 0.717) is 24.8 Å². The van der Waals surface area contributed by atoms with Crippen molar-refractivity contribution in [1.29, 1.82) is 0 Å². The molecule has 1 amide bonds. The van der Waals surface area contributed by atoms with Gasteiger partial charge >= 0.3 is 6.09 Å². The SMILES string of the molecule is CCCCOC(=O)N(CC1(c2ncccc2F)CCC1)c1ccc(C=O)nn1. The fraction of sp³-hybridized carbons (Fsp3) is 0.450. The van der Waals surface area contributed by atoms with E-state index in [9.17, 15) is 14.0 Å². The number of aldehydes is 1. The number of rotatable bonds is 8. The molecule has 0 radical (unpaired) electrons. The van der Waals surface area contributed by atoms with Crippen molar-refractivity contribution in [1.82, 2.24) is 15.2 Å². The second kappa shape index (κ2) is 8.86. The zero-order valence-corrected chi connectivity index (χ0v) is 15.8. The van der Waals surface area contributed by atoms with E-state index in [2.05, 4.69) is 15.2 Å². The largest absolute Gasteiger partial charge is 0.449 e. The number of nitrogens with zero attached hydrogens (tertiary/aromatic N) is 4. The van der Waals surface area contributed by atoms with Gasteiger partial charge in [0, 0.05) is 18.2 Å². The van der Waals surface area contributed by atoms with Gasteiger partial charge in [0.1, 0.15) is 11.5 Å². The standard InChI is InChI=1S/C20H23FN4O3/c1-2-3-12-28-19(27)25(17-8-7-15(13-26)23-24-17)14-20(9-5-10-20)18-16(21)6-4-11-22-18/h4,6-8,11,13H,2-3,5,9-10,12,14H2,1H3. The summed E-state index contributed by atoms with van der Waals surface area (Å²) in [4.78, 5) is 29.2. The fourth-order valence-corrected chi connectivity index (χ4v) is 3.32. The number of anilines is 1. The lowest BCUT2D eigenvalue weighted by Crippen LogP contribution is -2.49. The highest BCUT2D eigenvalue weighted by atomic mass is 19.1. The first-order valence-electron chi connectivity index (χ1n) is 9.44. The van der Waals surface area contributed by atoms with Gasteiger partial charge in [-0.05, 0) is 43.5 Å². The van der Waals surface area contributed by atoms with E-state index in [1.807, 2.05) is 6.92 Å². The van der Waals surface area contributed by atoms with E-state index in [4.69, 9.17) is 4.74 Å². The molecule has 1 aliphatic carbocycles. The predicted molar refractivity (Wildman–Crippen MR) is 101 cm³/mol. The van der Waals surface area contributed by atoms with Crippen LogP contribution in [-0.2, 0) is 10.2 Å². The van der Waals surface area contributed by atoms with Crippen LogP contribution in [0.2, 0.25) is 0 Å². The molecule has 0 aromatic carbocycles. The zero-order chi connectivity index (χ0) is 20.0. The summed E-state index contributed by atoms with van der Waals surface area (Å²) in [7, 11) is 0. The topological polar surface area (TPSA) is 85.3 Å². The molecule has 1 aliphatic rings. The quantitative estimate of drug-likeness (QED) is 0.508. The third-order valence-corrected chi connectivity index (χ3v) is 5.04. The van der Waals surface area contributed by atoms with Crippen molar-refractivity contribution in [3.8, 4) is 0 Å². The Labute approximate surface area is 162 Å². The molecule has 0 saturated heterocycles. The summed E-state index contributed by atoms with van der Waals surface area (Å²) >= 11 is 0. The number of carbonyl (C=O) groups is 2. The lowest BCUT2D eigenvalue weighted by molar-refractivity contribution is 0.111. The van der Waals surface area contributed by atoms with Gasteiger partial charge in [-0.2, -0.15) is 0 Å². The third-order valence-electron chi connectivity index (χ3n) is 5.04. The van der Waals surface area contributed by atoms with Gasteiger partial charge in [0.25, 0.3) is 0 Å². The summed E-state index contributed by atoms with van der Waals surface area (Å²) in [6.07, 6.45) is 5.55. The van der Waals surface area contributed by atoms with E-state index >= 15 is 0 Å². The summed E-state index contributed by atoms with van der Waals surface area (Å²) in [5.74, 6) is -0.126. The van der Waals surface area contributed by atoms with E-state index in [0.717, 1.165) is 19.3 Å². The van der Waals surface area contributed by atoms with Crippen LogP contribution in [-0.4, -0.2) is 40.7 Å². The maximum Gasteiger partial charge on any atom is 0.415 e. The molecule has 148 valence electrons. The van der Waals surface area contributed by atoms with Crippen LogP contribution in [0.1, 0.15) is 55.2 Å². The number of carbonyl (C=O) groups excluding carboxylic acids is 2. The Morgan fingerprint density at radius 3 is 2.71 bits per heavy atom.